The number of fused-ring (bicyclic) bond motifs is 1. The largest absolute Gasteiger partial charge is 0.423 e. The number of hydrogen-bond donors (Lipinski definition) is 1. The SMILES string of the molecule is CC1CC(C)C(C)N(c2nc3c(N)cccc3o2)C1. The lowest BCUT2D eigenvalue weighted by atomic mass is 9.86. The highest BCUT2D eigenvalue weighted by Crippen LogP contribution is 2.33. The topological polar surface area (TPSA) is 55.3 Å². The fourth-order valence-corrected chi connectivity index (χ4v) is 3.05. The standard InChI is InChI=1S/C15H21N3O/c1-9-7-10(2)11(3)18(8-9)15-17-14-12(16)5-4-6-13(14)19-15/h4-6,9-11H,7-8,16H2,1-3H3. The first-order valence-electron chi connectivity index (χ1n) is 6.98. The van der Waals surface area contributed by atoms with Crippen molar-refractivity contribution in [1.82, 2.24) is 4.98 Å². The molecule has 102 valence electrons. The molecule has 0 radical (unpaired) electrons. The maximum Gasteiger partial charge on any atom is 0.298 e. The molecule has 2 heterocycles. The molecular weight excluding hydrogens is 238 g/mol. The van der Waals surface area contributed by atoms with Crippen LogP contribution in [0.2, 0.25) is 0 Å². The van der Waals surface area contributed by atoms with E-state index in [1.54, 1.807) is 0 Å². The molecule has 3 unspecified atom stereocenters. The van der Waals surface area contributed by atoms with Gasteiger partial charge in [0.2, 0.25) is 0 Å². The van der Waals surface area contributed by atoms with Crippen LogP contribution in [0, 0.1) is 11.8 Å². The summed E-state index contributed by atoms with van der Waals surface area (Å²) in [7, 11) is 0. The fourth-order valence-electron chi connectivity index (χ4n) is 3.05. The van der Waals surface area contributed by atoms with Gasteiger partial charge in [0.05, 0.1) is 5.69 Å². The zero-order valence-electron chi connectivity index (χ0n) is 11.8. The summed E-state index contributed by atoms with van der Waals surface area (Å²) in [6, 6.07) is 6.84. The average Bonchev–Trinajstić information content (AvgIpc) is 2.79. The minimum absolute atomic E-state index is 0.450. The molecule has 2 N–H and O–H groups in total. The molecule has 2 aromatic rings. The number of oxazole rings is 1. The molecule has 1 saturated heterocycles. The summed E-state index contributed by atoms with van der Waals surface area (Å²) in [5.41, 5.74) is 8.17. The van der Waals surface area contributed by atoms with E-state index in [2.05, 4.69) is 30.7 Å². The van der Waals surface area contributed by atoms with E-state index in [1.165, 1.54) is 6.42 Å². The minimum atomic E-state index is 0.450. The van der Waals surface area contributed by atoms with Crippen molar-refractivity contribution in [3.8, 4) is 0 Å². The molecule has 19 heavy (non-hydrogen) atoms. The second-order valence-electron chi connectivity index (χ2n) is 5.90. The zero-order chi connectivity index (χ0) is 13.6. The Morgan fingerprint density at radius 2 is 2.11 bits per heavy atom. The van der Waals surface area contributed by atoms with E-state index in [4.69, 9.17) is 10.2 Å². The van der Waals surface area contributed by atoms with Crippen molar-refractivity contribution >= 4 is 22.8 Å². The number of nitrogen functional groups attached to an aromatic ring is 1. The summed E-state index contributed by atoms with van der Waals surface area (Å²) in [6.07, 6.45) is 1.26. The van der Waals surface area contributed by atoms with Gasteiger partial charge in [0.1, 0.15) is 5.52 Å². The normalized spacial score (nSPS) is 27.9. The van der Waals surface area contributed by atoms with Gasteiger partial charge in [-0.05, 0) is 37.3 Å². The van der Waals surface area contributed by atoms with Gasteiger partial charge in [-0.25, -0.2) is 0 Å². The summed E-state index contributed by atoms with van der Waals surface area (Å²) in [5, 5.41) is 0. The monoisotopic (exact) mass is 259 g/mol. The van der Waals surface area contributed by atoms with E-state index >= 15 is 0 Å². The van der Waals surface area contributed by atoms with Gasteiger partial charge < -0.3 is 15.1 Å². The maximum atomic E-state index is 5.95. The molecule has 0 saturated carbocycles. The Balaban J connectivity index is 2.01. The summed E-state index contributed by atoms with van der Waals surface area (Å²) in [6.45, 7) is 7.82. The van der Waals surface area contributed by atoms with Crippen LogP contribution >= 0.6 is 0 Å². The van der Waals surface area contributed by atoms with E-state index in [-0.39, 0.29) is 0 Å². The number of benzene rings is 1. The molecule has 0 bridgehead atoms. The third-order valence-electron chi connectivity index (χ3n) is 4.28. The van der Waals surface area contributed by atoms with Crippen molar-refractivity contribution in [3.05, 3.63) is 18.2 Å². The van der Waals surface area contributed by atoms with Crippen molar-refractivity contribution < 1.29 is 4.42 Å². The minimum Gasteiger partial charge on any atom is -0.423 e. The van der Waals surface area contributed by atoms with Gasteiger partial charge >= 0.3 is 0 Å². The number of rotatable bonds is 1. The second kappa shape index (κ2) is 4.44. The number of para-hydroxylation sites is 1. The molecule has 1 aliphatic heterocycles. The van der Waals surface area contributed by atoms with Gasteiger partial charge in [0.15, 0.2) is 5.58 Å². The predicted octanol–water partition coefficient (Wildman–Crippen LogP) is 3.28. The zero-order valence-corrected chi connectivity index (χ0v) is 11.8. The van der Waals surface area contributed by atoms with Crippen LogP contribution in [0.1, 0.15) is 27.2 Å². The van der Waals surface area contributed by atoms with Gasteiger partial charge in [-0.2, -0.15) is 4.98 Å². The van der Waals surface area contributed by atoms with Crippen LogP contribution in [-0.2, 0) is 0 Å². The average molecular weight is 259 g/mol. The van der Waals surface area contributed by atoms with Crippen LogP contribution in [0.25, 0.3) is 11.1 Å². The van der Waals surface area contributed by atoms with Crippen molar-refractivity contribution in [2.24, 2.45) is 11.8 Å². The van der Waals surface area contributed by atoms with E-state index in [0.29, 0.717) is 29.6 Å². The predicted molar refractivity (Wildman–Crippen MR) is 78.2 cm³/mol. The molecule has 1 aromatic carbocycles. The molecule has 1 aromatic heterocycles. The molecule has 0 amide bonds. The van der Waals surface area contributed by atoms with E-state index in [1.807, 2.05) is 18.2 Å². The van der Waals surface area contributed by atoms with Gasteiger partial charge in [0.25, 0.3) is 6.01 Å². The summed E-state index contributed by atoms with van der Waals surface area (Å²) < 4.78 is 5.89. The van der Waals surface area contributed by atoms with Crippen molar-refractivity contribution in [2.45, 2.75) is 33.2 Å². The molecule has 4 nitrogen and oxygen atoms in total. The molecule has 3 rings (SSSR count). The summed E-state index contributed by atoms with van der Waals surface area (Å²) in [4.78, 5) is 6.87. The molecule has 1 aliphatic rings. The number of aromatic nitrogens is 1. The molecule has 0 spiro atoms. The number of nitrogens with zero attached hydrogens (tertiary/aromatic N) is 2. The summed E-state index contributed by atoms with van der Waals surface area (Å²) in [5.74, 6) is 1.31. The third kappa shape index (κ3) is 2.05. The third-order valence-corrected chi connectivity index (χ3v) is 4.28. The molecule has 4 heteroatoms. The summed E-state index contributed by atoms with van der Waals surface area (Å²) >= 11 is 0. The van der Waals surface area contributed by atoms with Crippen LogP contribution in [-0.4, -0.2) is 17.6 Å². The van der Waals surface area contributed by atoms with Crippen molar-refractivity contribution in [2.75, 3.05) is 17.2 Å². The fraction of sp³-hybridized carbons (Fsp3) is 0.533. The Kier molecular flexibility index (Phi) is 2.88. The van der Waals surface area contributed by atoms with E-state index in [9.17, 15) is 0 Å². The number of piperidine rings is 1. The second-order valence-corrected chi connectivity index (χ2v) is 5.90. The first-order chi connectivity index (χ1) is 9.06. The molecule has 0 aliphatic carbocycles. The Morgan fingerprint density at radius 3 is 2.84 bits per heavy atom. The van der Waals surface area contributed by atoms with Crippen LogP contribution in [0.15, 0.2) is 22.6 Å². The van der Waals surface area contributed by atoms with Crippen LogP contribution in [0.5, 0.6) is 0 Å². The highest BCUT2D eigenvalue weighted by atomic mass is 16.4. The van der Waals surface area contributed by atoms with Crippen LogP contribution in [0.4, 0.5) is 11.7 Å². The quantitative estimate of drug-likeness (QED) is 0.798. The van der Waals surface area contributed by atoms with Crippen LogP contribution in [0.3, 0.4) is 0 Å². The Labute approximate surface area is 113 Å². The van der Waals surface area contributed by atoms with Crippen molar-refractivity contribution in [3.63, 3.8) is 0 Å². The van der Waals surface area contributed by atoms with Gasteiger partial charge in [0, 0.05) is 12.6 Å². The van der Waals surface area contributed by atoms with E-state index in [0.717, 1.165) is 17.6 Å². The first-order valence-corrected chi connectivity index (χ1v) is 6.98. The molecule has 1 fully saturated rings. The number of anilines is 2. The molecule has 3 atom stereocenters. The van der Waals surface area contributed by atoms with Gasteiger partial charge in [-0.3, -0.25) is 0 Å². The Bertz CT molecular complexity index is 592. The molecular formula is C15H21N3O. The number of nitrogens with two attached hydrogens (primary N) is 1. The lowest BCUT2D eigenvalue weighted by molar-refractivity contribution is 0.285. The Hall–Kier alpha value is -1.71. The van der Waals surface area contributed by atoms with E-state index < -0.39 is 0 Å². The first kappa shape index (κ1) is 12.3. The lowest BCUT2D eigenvalue weighted by Gasteiger charge is -2.40. The van der Waals surface area contributed by atoms with Gasteiger partial charge in [-0.15, -0.1) is 0 Å². The smallest absolute Gasteiger partial charge is 0.298 e. The van der Waals surface area contributed by atoms with Gasteiger partial charge in [-0.1, -0.05) is 19.9 Å². The van der Waals surface area contributed by atoms with Crippen molar-refractivity contribution in [1.29, 1.82) is 0 Å². The Morgan fingerprint density at radius 1 is 1.32 bits per heavy atom. The highest BCUT2D eigenvalue weighted by Gasteiger charge is 2.31. The highest BCUT2D eigenvalue weighted by molar-refractivity contribution is 5.86. The van der Waals surface area contributed by atoms with Crippen LogP contribution < -0.4 is 10.6 Å². The number of hydrogen-bond acceptors (Lipinski definition) is 4. The maximum absolute atomic E-state index is 5.95. The lowest BCUT2D eigenvalue weighted by Crippen LogP contribution is -2.46.